The summed E-state index contributed by atoms with van der Waals surface area (Å²) < 4.78 is 0. The lowest BCUT2D eigenvalue weighted by Crippen LogP contribution is -2.32. The first-order valence-corrected chi connectivity index (χ1v) is 5.63. The van der Waals surface area contributed by atoms with Crippen LogP contribution in [0, 0.1) is 5.92 Å². The lowest BCUT2D eigenvalue weighted by atomic mass is 9.88. The zero-order chi connectivity index (χ0) is 10.7. The summed E-state index contributed by atoms with van der Waals surface area (Å²) in [6, 6.07) is 0. The van der Waals surface area contributed by atoms with Gasteiger partial charge < -0.3 is 4.90 Å². The third-order valence-corrected chi connectivity index (χ3v) is 3.17. The molecule has 0 bridgehead atoms. The van der Waals surface area contributed by atoms with Crippen LogP contribution in [0.15, 0.2) is 11.3 Å². The Bertz CT molecular complexity index is 260. The van der Waals surface area contributed by atoms with Crippen LogP contribution >= 0.6 is 11.6 Å². The van der Waals surface area contributed by atoms with E-state index in [4.69, 9.17) is 11.6 Å². The fraction of sp³-hybridized carbons (Fsp3) is 0.727. The maximum atomic E-state index is 11.5. The number of alkyl halides is 1. The van der Waals surface area contributed by atoms with Crippen LogP contribution in [0.25, 0.3) is 0 Å². The predicted molar refractivity (Wildman–Crippen MR) is 59.2 cm³/mol. The van der Waals surface area contributed by atoms with Gasteiger partial charge in [0, 0.05) is 12.7 Å². The van der Waals surface area contributed by atoms with Crippen LogP contribution in [0.2, 0.25) is 0 Å². The van der Waals surface area contributed by atoms with Crippen molar-refractivity contribution in [3.63, 3.8) is 0 Å². The highest BCUT2D eigenvalue weighted by molar-refractivity contribution is 6.27. The molecular weight excluding hydrogens is 198 g/mol. The second-order valence-electron chi connectivity index (χ2n) is 4.05. The van der Waals surface area contributed by atoms with Crippen LogP contribution in [0.1, 0.15) is 33.1 Å². The zero-order valence-electron chi connectivity index (χ0n) is 9.14. The van der Waals surface area contributed by atoms with Crippen LogP contribution in [-0.2, 0) is 4.79 Å². The monoisotopic (exact) mass is 215 g/mol. The summed E-state index contributed by atoms with van der Waals surface area (Å²) >= 11 is 5.55. The number of amides is 1. The van der Waals surface area contributed by atoms with Gasteiger partial charge in [-0.25, -0.2) is 0 Å². The van der Waals surface area contributed by atoms with Gasteiger partial charge in [-0.15, -0.1) is 11.6 Å². The number of carbonyl (C=O) groups excluding carboxylic acids is 1. The molecule has 0 radical (unpaired) electrons. The number of halogens is 1. The van der Waals surface area contributed by atoms with E-state index in [1.54, 1.807) is 4.90 Å². The van der Waals surface area contributed by atoms with E-state index >= 15 is 0 Å². The molecule has 14 heavy (non-hydrogen) atoms. The Kier molecular flexibility index (Phi) is 3.99. The van der Waals surface area contributed by atoms with Crippen molar-refractivity contribution in [1.29, 1.82) is 0 Å². The lowest BCUT2D eigenvalue weighted by Gasteiger charge is -2.31. The standard InChI is InChI=1S/C11H18ClNO/c1-8-5-4-6-9(2)11(8)13(3)10(14)7-12/h8H,4-7H2,1-3H3. The van der Waals surface area contributed by atoms with E-state index in [9.17, 15) is 4.79 Å². The highest BCUT2D eigenvalue weighted by Crippen LogP contribution is 2.31. The Morgan fingerprint density at radius 2 is 2.29 bits per heavy atom. The van der Waals surface area contributed by atoms with Crippen molar-refractivity contribution < 1.29 is 4.79 Å². The first-order valence-electron chi connectivity index (χ1n) is 5.10. The number of rotatable bonds is 2. The van der Waals surface area contributed by atoms with Crippen molar-refractivity contribution in [2.45, 2.75) is 33.1 Å². The maximum absolute atomic E-state index is 11.5. The SMILES string of the molecule is CC1=C(N(C)C(=O)CCl)C(C)CCC1. The Morgan fingerprint density at radius 3 is 2.79 bits per heavy atom. The van der Waals surface area contributed by atoms with Gasteiger partial charge in [0.25, 0.3) is 0 Å². The molecule has 1 unspecified atom stereocenters. The van der Waals surface area contributed by atoms with E-state index in [0.717, 1.165) is 6.42 Å². The predicted octanol–water partition coefficient (Wildman–Crippen LogP) is 2.78. The van der Waals surface area contributed by atoms with Gasteiger partial charge in [0.1, 0.15) is 5.88 Å². The number of carbonyl (C=O) groups is 1. The Balaban J connectivity index is 2.87. The molecule has 3 heteroatoms. The zero-order valence-corrected chi connectivity index (χ0v) is 9.90. The fourth-order valence-electron chi connectivity index (χ4n) is 2.20. The molecule has 1 atom stereocenters. The molecule has 0 saturated heterocycles. The summed E-state index contributed by atoms with van der Waals surface area (Å²) in [5.41, 5.74) is 2.52. The van der Waals surface area contributed by atoms with Crippen LogP contribution in [0.4, 0.5) is 0 Å². The van der Waals surface area contributed by atoms with Crippen LogP contribution < -0.4 is 0 Å². The van der Waals surface area contributed by atoms with E-state index in [0.29, 0.717) is 5.92 Å². The van der Waals surface area contributed by atoms with Crippen molar-refractivity contribution in [2.75, 3.05) is 12.9 Å². The van der Waals surface area contributed by atoms with Crippen molar-refractivity contribution in [3.8, 4) is 0 Å². The quantitative estimate of drug-likeness (QED) is 0.649. The minimum atomic E-state index is -0.00485. The van der Waals surface area contributed by atoms with Crippen LogP contribution in [0.5, 0.6) is 0 Å². The first-order chi connectivity index (χ1) is 6.57. The largest absolute Gasteiger partial charge is 0.318 e. The number of nitrogens with zero attached hydrogens (tertiary/aromatic N) is 1. The van der Waals surface area contributed by atoms with Gasteiger partial charge in [-0.1, -0.05) is 12.5 Å². The summed E-state index contributed by atoms with van der Waals surface area (Å²) in [6.45, 7) is 4.29. The molecule has 0 aliphatic heterocycles. The van der Waals surface area contributed by atoms with Gasteiger partial charge in [-0.3, -0.25) is 4.79 Å². The number of allylic oxidation sites excluding steroid dienone is 2. The van der Waals surface area contributed by atoms with E-state index in [2.05, 4.69) is 13.8 Å². The third kappa shape index (κ3) is 2.30. The summed E-state index contributed by atoms with van der Waals surface area (Å²) in [5, 5.41) is 0. The van der Waals surface area contributed by atoms with Crippen molar-refractivity contribution in [2.24, 2.45) is 5.92 Å². The highest BCUT2D eigenvalue weighted by atomic mass is 35.5. The van der Waals surface area contributed by atoms with E-state index in [-0.39, 0.29) is 11.8 Å². The molecule has 2 nitrogen and oxygen atoms in total. The molecule has 1 rings (SSSR count). The van der Waals surface area contributed by atoms with Gasteiger partial charge in [0.05, 0.1) is 0 Å². The van der Waals surface area contributed by atoms with E-state index in [1.165, 1.54) is 24.1 Å². The fourth-order valence-corrected chi connectivity index (χ4v) is 2.38. The van der Waals surface area contributed by atoms with Crippen LogP contribution in [0.3, 0.4) is 0 Å². The molecular formula is C11H18ClNO. The molecule has 0 spiro atoms. The summed E-state index contributed by atoms with van der Waals surface area (Å²) in [5.74, 6) is 0.552. The second kappa shape index (κ2) is 4.83. The lowest BCUT2D eigenvalue weighted by molar-refractivity contribution is -0.126. The molecule has 0 heterocycles. The summed E-state index contributed by atoms with van der Waals surface area (Å²) in [4.78, 5) is 13.2. The molecule has 80 valence electrons. The average molecular weight is 216 g/mol. The van der Waals surface area contributed by atoms with Gasteiger partial charge in [0.15, 0.2) is 0 Å². The first kappa shape index (κ1) is 11.6. The average Bonchev–Trinajstić information content (AvgIpc) is 2.16. The normalized spacial score (nSPS) is 22.4. The minimum Gasteiger partial charge on any atom is -0.318 e. The molecule has 0 aromatic rings. The van der Waals surface area contributed by atoms with Crippen molar-refractivity contribution in [1.82, 2.24) is 4.90 Å². The van der Waals surface area contributed by atoms with E-state index in [1.807, 2.05) is 7.05 Å². The molecule has 1 aliphatic carbocycles. The highest BCUT2D eigenvalue weighted by Gasteiger charge is 2.23. The molecule has 0 aromatic carbocycles. The Morgan fingerprint density at radius 1 is 1.64 bits per heavy atom. The Hall–Kier alpha value is -0.500. The van der Waals surface area contributed by atoms with Gasteiger partial charge >= 0.3 is 0 Å². The summed E-state index contributed by atoms with van der Waals surface area (Å²) in [7, 11) is 1.82. The third-order valence-electron chi connectivity index (χ3n) is 2.94. The van der Waals surface area contributed by atoms with Gasteiger partial charge in [0.2, 0.25) is 5.91 Å². The second-order valence-corrected chi connectivity index (χ2v) is 4.31. The molecule has 0 N–H and O–H groups in total. The molecule has 0 fully saturated rings. The molecule has 0 aromatic heterocycles. The van der Waals surface area contributed by atoms with Crippen molar-refractivity contribution in [3.05, 3.63) is 11.3 Å². The minimum absolute atomic E-state index is 0.00485. The summed E-state index contributed by atoms with van der Waals surface area (Å²) in [6.07, 6.45) is 3.52. The van der Waals surface area contributed by atoms with Crippen LogP contribution in [-0.4, -0.2) is 23.7 Å². The number of hydrogen-bond acceptors (Lipinski definition) is 1. The van der Waals surface area contributed by atoms with Gasteiger partial charge in [-0.2, -0.15) is 0 Å². The maximum Gasteiger partial charge on any atom is 0.241 e. The van der Waals surface area contributed by atoms with Crippen molar-refractivity contribution >= 4 is 17.5 Å². The Labute approximate surface area is 90.9 Å². The molecule has 1 amide bonds. The van der Waals surface area contributed by atoms with E-state index < -0.39 is 0 Å². The number of hydrogen-bond donors (Lipinski definition) is 0. The van der Waals surface area contributed by atoms with Gasteiger partial charge in [-0.05, 0) is 32.1 Å². The molecule has 1 aliphatic rings. The topological polar surface area (TPSA) is 20.3 Å². The smallest absolute Gasteiger partial charge is 0.241 e. The molecule has 0 saturated carbocycles.